The molecule has 0 saturated carbocycles. The summed E-state index contributed by atoms with van der Waals surface area (Å²) in [4.78, 5) is 0. The first-order chi connectivity index (χ1) is 13.0. The Morgan fingerprint density at radius 3 is 1.43 bits per heavy atom. The molecule has 2 aliphatic rings. The van der Waals surface area contributed by atoms with E-state index in [1.165, 1.54) is 0 Å². The first kappa shape index (κ1) is 26.0. The molecule has 2 rings (SSSR count). The smallest absolute Gasteiger partial charge is 0.212 e. The second-order valence-electron chi connectivity index (χ2n) is 12.7. The second kappa shape index (κ2) is 7.14. The van der Waals surface area contributed by atoms with Crippen molar-refractivity contribution in [3.05, 3.63) is 0 Å². The lowest BCUT2D eigenvalue weighted by atomic mass is 9.53. The van der Waals surface area contributed by atoms with E-state index >= 15 is 0 Å². The van der Waals surface area contributed by atoms with E-state index < -0.39 is 31.3 Å². The van der Waals surface area contributed by atoms with Gasteiger partial charge in [-0.2, -0.15) is 13.1 Å². The van der Waals surface area contributed by atoms with Crippen molar-refractivity contribution in [1.82, 2.24) is 14.2 Å². The highest BCUT2D eigenvalue weighted by Crippen LogP contribution is 2.55. The molecule has 7 nitrogen and oxygen atoms in total. The van der Waals surface area contributed by atoms with Crippen LogP contribution in [0.2, 0.25) is 0 Å². The van der Waals surface area contributed by atoms with E-state index in [4.69, 9.17) is 0 Å². The third-order valence-electron chi connectivity index (χ3n) is 8.16. The topological polar surface area (TPSA) is 104 Å². The molecule has 0 bridgehead atoms. The van der Waals surface area contributed by atoms with Gasteiger partial charge < -0.3 is 0 Å². The van der Waals surface area contributed by atoms with Crippen LogP contribution in [-0.2, 0) is 20.2 Å². The van der Waals surface area contributed by atoms with E-state index in [1.54, 1.807) is 0 Å². The summed E-state index contributed by atoms with van der Waals surface area (Å²) in [6, 6.07) is 0. The molecule has 0 aromatic carbocycles. The number of sulfonamides is 1. The summed E-state index contributed by atoms with van der Waals surface area (Å²) < 4.78 is 58.1. The van der Waals surface area contributed by atoms with Crippen LogP contribution >= 0.6 is 0 Å². The Bertz CT molecular complexity index is 806. The molecular formula is C21H43N3O4S2. The van der Waals surface area contributed by atoms with Crippen molar-refractivity contribution in [1.29, 1.82) is 0 Å². The van der Waals surface area contributed by atoms with E-state index in [-0.39, 0.29) is 27.4 Å². The van der Waals surface area contributed by atoms with E-state index in [0.717, 1.165) is 12.8 Å². The van der Waals surface area contributed by atoms with Crippen LogP contribution in [0.15, 0.2) is 0 Å². The fourth-order valence-electron chi connectivity index (χ4n) is 6.04. The predicted octanol–water partition coefficient (Wildman–Crippen LogP) is 3.15. The summed E-state index contributed by atoms with van der Waals surface area (Å²) in [6.07, 6.45) is 2.09. The molecule has 2 saturated heterocycles. The number of rotatable bonds is 5. The maximum atomic E-state index is 12.4. The van der Waals surface area contributed by atoms with E-state index in [1.807, 2.05) is 0 Å². The summed E-state index contributed by atoms with van der Waals surface area (Å²) in [7, 11) is -6.82. The second-order valence-corrected chi connectivity index (χ2v) is 16.0. The Morgan fingerprint density at radius 2 is 1.13 bits per heavy atom. The largest absolute Gasteiger partial charge is 0.277 e. The van der Waals surface area contributed by atoms with Crippen molar-refractivity contribution < 1.29 is 16.8 Å². The third-order valence-corrected chi connectivity index (χ3v) is 10.7. The Balaban J connectivity index is 2.39. The molecule has 2 fully saturated rings. The third kappa shape index (κ3) is 4.21. The monoisotopic (exact) mass is 465 g/mol. The van der Waals surface area contributed by atoms with Gasteiger partial charge in [-0.3, -0.25) is 0 Å². The van der Waals surface area contributed by atoms with Crippen LogP contribution in [-0.4, -0.2) is 40.2 Å². The van der Waals surface area contributed by atoms with E-state index in [0.29, 0.717) is 13.0 Å². The van der Waals surface area contributed by atoms with Crippen LogP contribution in [0, 0.1) is 21.7 Å². The molecule has 0 radical (unpaired) electrons. The molecule has 2 heterocycles. The first-order valence-electron chi connectivity index (χ1n) is 10.8. The number of nitrogens with one attached hydrogen (secondary N) is 3. The lowest BCUT2D eigenvalue weighted by Gasteiger charge is -2.55. The van der Waals surface area contributed by atoms with E-state index in [2.05, 4.69) is 83.4 Å². The average Bonchev–Trinajstić information content (AvgIpc) is 3.03. The van der Waals surface area contributed by atoms with Gasteiger partial charge in [-0.15, -0.1) is 0 Å². The van der Waals surface area contributed by atoms with Crippen molar-refractivity contribution in [3.8, 4) is 0 Å². The Hall–Kier alpha value is -0.220. The van der Waals surface area contributed by atoms with Crippen molar-refractivity contribution in [3.63, 3.8) is 0 Å². The molecule has 2 aliphatic heterocycles. The van der Waals surface area contributed by atoms with Crippen molar-refractivity contribution in [2.75, 3.05) is 12.3 Å². The Morgan fingerprint density at radius 1 is 0.700 bits per heavy atom. The van der Waals surface area contributed by atoms with Gasteiger partial charge >= 0.3 is 0 Å². The van der Waals surface area contributed by atoms with Crippen molar-refractivity contribution in [2.45, 2.75) is 99.6 Å². The van der Waals surface area contributed by atoms with Gasteiger partial charge in [0.05, 0.1) is 11.3 Å². The summed E-state index contributed by atoms with van der Waals surface area (Å²) in [5.74, 6) is 0.146. The molecule has 0 aliphatic carbocycles. The molecule has 0 aromatic heterocycles. The minimum Gasteiger partial charge on any atom is -0.212 e. The van der Waals surface area contributed by atoms with Gasteiger partial charge in [0.2, 0.25) is 10.0 Å². The van der Waals surface area contributed by atoms with Crippen LogP contribution in [0.5, 0.6) is 0 Å². The fourth-order valence-corrected chi connectivity index (χ4v) is 9.53. The highest BCUT2D eigenvalue weighted by molar-refractivity contribution is 7.89. The van der Waals surface area contributed by atoms with Crippen molar-refractivity contribution >= 4 is 20.2 Å². The minimum absolute atomic E-state index is 0.146. The van der Waals surface area contributed by atoms with Crippen molar-refractivity contribution in [2.24, 2.45) is 21.7 Å². The SMILES string of the molecule is CC(C)(C)C1(C(C)(C)CCC(C)(C)C2(C(C)(C)C)CNS(=O)(=O)N2)CCS(=O)(=O)N1. The zero-order chi connectivity index (χ0) is 23.7. The van der Waals surface area contributed by atoms with Gasteiger partial charge in [0.15, 0.2) is 0 Å². The molecule has 0 spiro atoms. The van der Waals surface area contributed by atoms with Gasteiger partial charge in [0.25, 0.3) is 10.2 Å². The molecule has 30 heavy (non-hydrogen) atoms. The van der Waals surface area contributed by atoms with Gasteiger partial charge in [-0.1, -0.05) is 69.2 Å². The summed E-state index contributed by atoms with van der Waals surface area (Å²) in [6.45, 7) is 21.3. The zero-order valence-corrected chi connectivity index (χ0v) is 22.1. The number of hydrogen-bond donors (Lipinski definition) is 3. The lowest BCUT2D eigenvalue weighted by Crippen LogP contribution is -2.64. The molecule has 0 amide bonds. The van der Waals surface area contributed by atoms with Gasteiger partial charge in [0, 0.05) is 12.1 Å². The molecule has 2 unspecified atom stereocenters. The highest BCUT2D eigenvalue weighted by atomic mass is 32.2. The summed E-state index contributed by atoms with van der Waals surface area (Å²) in [5.41, 5.74) is -2.47. The van der Waals surface area contributed by atoms with Crippen LogP contribution in [0.25, 0.3) is 0 Å². The molecular weight excluding hydrogens is 422 g/mol. The molecule has 2 atom stereocenters. The fraction of sp³-hybridized carbons (Fsp3) is 1.00. The Labute approximate surface area is 184 Å². The van der Waals surface area contributed by atoms with Gasteiger partial charge in [-0.05, 0) is 40.9 Å². The normalized spacial score (nSPS) is 32.5. The molecule has 9 heteroatoms. The average molecular weight is 466 g/mol. The molecule has 0 aromatic rings. The first-order valence-corrected chi connectivity index (χ1v) is 14.0. The maximum Gasteiger partial charge on any atom is 0.277 e. The summed E-state index contributed by atoms with van der Waals surface area (Å²) >= 11 is 0. The van der Waals surface area contributed by atoms with Crippen LogP contribution in [0.3, 0.4) is 0 Å². The van der Waals surface area contributed by atoms with Crippen LogP contribution in [0.1, 0.15) is 88.5 Å². The van der Waals surface area contributed by atoms with E-state index in [9.17, 15) is 16.8 Å². The predicted molar refractivity (Wildman–Crippen MR) is 123 cm³/mol. The summed E-state index contributed by atoms with van der Waals surface area (Å²) in [5, 5.41) is 0. The zero-order valence-electron chi connectivity index (χ0n) is 20.5. The minimum atomic E-state index is -3.53. The van der Waals surface area contributed by atoms with Crippen LogP contribution in [0.4, 0.5) is 0 Å². The maximum absolute atomic E-state index is 12.4. The van der Waals surface area contributed by atoms with Gasteiger partial charge in [-0.25, -0.2) is 17.9 Å². The molecule has 178 valence electrons. The highest BCUT2D eigenvalue weighted by Gasteiger charge is 2.61. The quantitative estimate of drug-likeness (QED) is 0.580. The lowest BCUT2D eigenvalue weighted by molar-refractivity contribution is -0.00767. The number of hydrogen-bond acceptors (Lipinski definition) is 4. The standard InChI is InChI=1S/C21H43N3O4S2/c1-16(2,3)20(13-14-29(25,26)23-20)18(7,8)11-12-19(9,10)21(17(4,5)6)15-22-30(27,28)24-21/h22-24H,11-15H2,1-10H3. The Kier molecular flexibility index (Phi) is 6.20. The van der Waals surface area contributed by atoms with Crippen LogP contribution < -0.4 is 14.2 Å². The van der Waals surface area contributed by atoms with Gasteiger partial charge in [0.1, 0.15) is 0 Å². The molecule has 3 N–H and O–H groups in total.